The van der Waals surface area contributed by atoms with Gasteiger partial charge in [0.1, 0.15) is 0 Å². The van der Waals surface area contributed by atoms with Crippen LogP contribution in [0.25, 0.3) is 0 Å². The second-order valence-corrected chi connectivity index (χ2v) is 5.75. The first-order valence-corrected chi connectivity index (χ1v) is 7.74. The van der Waals surface area contributed by atoms with Crippen LogP contribution in [-0.4, -0.2) is 42.8 Å². The Bertz CT molecular complexity index is 490. The Morgan fingerprint density at radius 1 is 1.27 bits per heavy atom. The van der Waals surface area contributed by atoms with Gasteiger partial charge in [-0.15, -0.1) is 0 Å². The van der Waals surface area contributed by atoms with E-state index in [1.54, 1.807) is 6.07 Å². The molecule has 22 heavy (non-hydrogen) atoms. The van der Waals surface area contributed by atoms with Crippen LogP contribution < -0.4 is 5.32 Å². The number of nitrogens with zero attached hydrogens (tertiary/aromatic N) is 1. The van der Waals surface area contributed by atoms with Gasteiger partial charge in [-0.05, 0) is 24.5 Å². The van der Waals surface area contributed by atoms with Crippen molar-refractivity contribution >= 4 is 11.6 Å². The Morgan fingerprint density at radius 2 is 1.95 bits per heavy atom. The highest BCUT2D eigenvalue weighted by molar-refractivity contribution is 6.32. The van der Waals surface area contributed by atoms with Gasteiger partial charge < -0.3 is 10.4 Å². The molecule has 1 aliphatic rings. The van der Waals surface area contributed by atoms with Crippen LogP contribution in [0, 0.1) is 0 Å². The number of nitrogens with one attached hydrogen (secondary N) is 1. The van der Waals surface area contributed by atoms with Crippen molar-refractivity contribution in [3.05, 3.63) is 34.3 Å². The maximum absolute atomic E-state index is 13.0. The number of hydrogen-bond donors (Lipinski definition) is 2. The second kappa shape index (κ2) is 7.64. The zero-order chi connectivity index (χ0) is 16.2. The molecule has 1 heterocycles. The Morgan fingerprint density at radius 3 is 2.55 bits per heavy atom. The maximum atomic E-state index is 13.0. The largest absolute Gasteiger partial charge is 0.417 e. The van der Waals surface area contributed by atoms with Gasteiger partial charge in [0, 0.05) is 38.8 Å². The van der Waals surface area contributed by atoms with E-state index in [1.807, 2.05) is 0 Å². The predicted molar refractivity (Wildman–Crippen MR) is 80.0 cm³/mol. The summed E-state index contributed by atoms with van der Waals surface area (Å²) in [4.78, 5) is 2.13. The zero-order valence-corrected chi connectivity index (χ0v) is 12.9. The predicted octanol–water partition coefficient (Wildman–Crippen LogP) is 3.08. The molecule has 7 heteroatoms. The highest BCUT2D eigenvalue weighted by Crippen LogP contribution is 2.40. The van der Waals surface area contributed by atoms with E-state index in [-0.39, 0.29) is 17.7 Å². The lowest BCUT2D eigenvalue weighted by Gasteiger charge is -2.36. The van der Waals surface area contributed by atoms with Crippen molar-refractivity contribution in [3.8, 4) is 0 Å². The standard InChI is InChI=1S/C15H20ClF3N2O/c16-14-11(3-1-4-12(14)15(17,18)19)13(5-2-10-22)21-8-6-20-7-9-21/h1,3-4,13,20,22H,2,5-10H2/t13-/m1/s1. The van der Waals surface area contributed by atoms with Crippen molar-refractivity contribution in [1.82, 2.24) is 10.2 Å². The summed E-state index contributed by atoms with van der Waals surface area (Å²) in [5.41, 5.74) is -0.303. The van der Waals surface area contributed by atoms with Crippen molar-refractivity contribution in [3.63, 3.8) is 0 Å². The summed E-state index contributed by atoms with van der Waals surface area (Å²) in [6.45, 7) is 3.11. The summed E-state index contributed by atoms with van der Waals surface area (Å²) in [6, 6.07) is 3.86. The lowest BCUT2D eigenvalue weighted by molar-refractivity contribution is -0.137. The van der Waals surface area contributed by atoms with E-state index in [2.05, 4.69) is 10.2 Å². The molecule has 0 spiro atoms. The molecule has 0 bridgehead atoms. The molecular formula is C15H20ClF3N2O. The van der Waals surface area contributed by atoms with Crippen LogP contribution in [0.3, 0.4) is 0 Å². The smallest absolute Gasteiger partial charge is 0.396 e. The van der Waals surface area contributed by atoms with Gasteiger partial charge in [-0.2, -0.15) is 13.2 Å². The molecule has 1 fully saturated rings. The van der Waals surface area contributed by atoms with Crippen molar-refractivity contribution in [2.45, 2.75) is 25.1 Å². The highest BCUT2D eigenvalue weighted by atomic mass is 35.5. The van der Waals surface area contributed by atoms with E-state index < -0.39 is 11.7 Å². The lowest BCUT2D eigenvalue weighted by Crippen LogP contribution is -2.45. The minimum Gasteiger partial charge on any atom is -0.396 e. The molecule has 2 N–H and O–H groups in total. The Hall–Kier alpha value is -0.820. The Balaban J connectivity index is 2.34. The third-order valence-corrected chi connectivity index (χ3v) is 4.34. The monoisotopic (exact) mass is 336 g/mol. The fourth-order valence-electron chi connectivity index (χ4n) is 2.84. The third-order valence-electron chi connectivity index (χ3n) is 3.92. The van der Waals surface area contributed by atoms with Crippen LogP contribution in [0.15, 0.2) is 18.2 Å². The summed E-state index contributed by atoms with van der Waals surface area (Å²) in [6.07, 6.45) is -3.35. The van der Waals surface area contributed by atoms with Gasteiger partial charge in [-0.3, -0.25) is 4.90 Å². The molecule has 1 aliphatic heterocycles. The summed E-state index contributed by atoms with van der Waals surface area (Å²) >= 11 is 6.06. The zero-order valence-electron chi connectivity index (χ0n) is 12.2. The number of alkyl halides is 3. The van der Waals surface area contributed by atoms with E-state index in [0.717, 1.165) is 32.2 Å². The van der Waals surface area contributed by atoms with E-state index in [4.69, 9.17) is 16.7 Å². The molecule has 0 aromatic heterocycles. The summed E-state index contributed by atoms with van der Waals surface area (Å²) in [5.74, 6) is 0. The molecule has 1 aromatic carbocycles. The van der Waals surface area contributed by atoms with Crippen LogP contribution in [0.2, 0.25) is 5.02 Å². The fourth-order valence-corrected chi connectivity index (χ4v) is 3.20. The van der Waals surface area contributed by atoms with Crippen LogP contribution in [-0.2, 0) is 6.18 Å². The Kier molecular flexibility index (Phi) is 6.09. The third kappa shape index (κ3) is 4.13. The normalized spacial score (nSPS) is 18.4. The van der Waals surface area contributed by atoms with E-state index in [1.165, 1.54) is 6.07 Å². The molecule has 0 aliphatic carbocycles. The number of aliphatic hydroxyl groups is 1. The molecule has 1 atom stereocenters. The lowest BCUT2D eigenvalue weighted by atomic mass is 9.97. The van der Waals surface area contributed by atoms with Crippen LogP contribution >= 0.6 is 11.6 Å². The summed E-state index contributed by atoms with van der Waals surface area (Å²) in [5, 5.41) is 12.1. The number of hydrogen-bond acceptors (Lipinski definition) is 3. The molecule has 1 saturated heterocycles. The van der Waals surface area contributed by atoms with E-state index in [0.29, 0.717) is 18.4 Å². The van der Waals surface area contributed by atoms with Crippen LogP contribution in [0.5, 0.6) is 0 Å². The van der Waals surface area contributed by atoms with E-state index >= 15 is 0 Å². The topological polar surface area (TPSA) is 35.5 Å². The summed E-state index contributed by atoms with van der Waals surface area (Å²) in [7, 11) is 0. The van der Waals surface area contributed by atoms with Gasteiger partial charge in [0.2, 0.25) is 0 Å². The first-order valence-electron chi connectivity index (χ1n) is 7.36. The minimum absolute atomic E-state index is 0.0131. The van der Waals surface area contributed by atoms with Crippen molar-refractivity contribution in [1.29, 1.82) is 0 Å². The van der Waals surface area contributed by atoms with Gasteiger partial charge in [0.05, 0.1) is 10.6 Å². The maximum Gasteiger partial charge on any atom is 0.417 e. The molecule has 3 nitrogen and oxygen atoms in total. The molecule has 0 radical (unpaired) electrons. The molecule has 2 rings (SSSR count). The number of piperazine rings is 1. The average Bonchev–Trinajstić information content (AvgIpc) is 2.49. The number of rotatable bonds is 5. The van der Waals surface area contributed by atoms with Gasteiger partial charge in [-0.1, -0.05) is 23.7 Å². The fraction of sp³-hybridized carbons (Fsp3) is 0.600. The SMILES string of the molecule is OCCC[C@H](c1cccc(C(F)(F)F)c1Cl)N1CCNCC1. The van der Waals surface area contributed by atoms with Crippen molar-refractivity contribution in [2.75, 3.05) is 32.8 Å². The van der Waals surface area contributed by atoms with Gasteiger partial charge in [0.25, 0.3) is 0 Å². The molecule has 0 saturated carbocycles. The summed E-state index contributed by atoms with van der Waals surface area (Å²) < 4.78 is 39.1. The van der Waals surface area contributed by atoms with Gasteiger partial charge >= 0.3 is 6.18 Å². The van der Waals surface area contributed by atoms with Gasteiger partial charge in [-0.25, -0.2) is 0 Å². The van der Waals surface area contributed by atoms with Gasteiger partial charge in [0.15, 0.2) is 0 Å². The number of benzene rings is 1. The number of halogens is 4. The van der Waals surface area contributed by atoms with Crippen molar-refractivity contribution in [2.24, 2.45) is 0 Å². The first-order chi connectivity index (χ1) is 10.4. The van der Waals surface area contributed by atoms with Crippen LogP contribution in [0.1, 0.15) is 30.0 Å². The van der Waals surface area contributed by atoms with Crippen molar-refractivity contribution < 1.29 is 18.3 Å². The van der Waals surface area contributed by atoms with Crippen LogP contribution in [0.4, 0.5) is 13.2 Å². The molecule has 0 unspecified atom stereocenters. The second-order valence-electron chi connectivity index (χ2n) is 5.37. The minimum atomic E-state index is -4.46. The highest BCUT2D eigenvalue weighted by Gasteiger charge is 2.35. The Labute approximate surface area is 133 Å². The average molecular weight is 337 g/mol. The number of aliphatic hydroxyl groups excluding tert-OH is 1. The molecular weight excluding hydrogens is 317 g/mol. The molecule has 0 amide bonds. The van der Waals surface area contributed by atoms with E-state index in [9.17, 15) is 13.2 Å². The molecule has 124 valence electrons. The quantitative estimate of drug-likeness (QED) is 0.867. The molecule has 1 aromatic rings. The first kappa shape index (κ1) is 17.5.